The number of nitrogens with zero attached hydrogens (tertiary/aromatic N) is 5. The van der Waals surface area contributed by atoms with Crippen molar-refractivity contribution in [1.29, 1.82) is 0 Å². The number of halogens is 5. The molecule has 33 heavy (non-hydrogen) atoms. The molecule has 1 fully saturated rings. The zero-order valence-corrected chi connectivity index (χ0v) is 20.9. The molecule has 1 aliphatic heterocycles. The van der Waals surface area contributed by atoms with Crippen molar-refractivity contribution in [2.24, 2.45) is 0 Å². The molecule has 9 nitrogen and oxygen atoms in total. The monoisotopic (exact) mass is 631 g/mol. The average Bonchev–Trinajstić information content (AvgIpc) is 3.38. The van der Waals surface area contributed by atoms with Crippen LogP contribution in [0.1, 0.15) is 11.7 Å². The van der Waals surface area contributed by atoms with E-state index >= 15 is 0 Å². The molecule has 4 rings (SSSR count). The molecule has 3 N–H and O–H groups in total. The maximum Gasteiger partial charge on any atom is 0.434 e. The number of hydrogen-bond donors (Lipinski definition) is 3. The van der Waals surface area contributed by atoms with Gasteiger partial charge in [0.1, 0.15) is 45.1 Å². The third-order valence-corrected chi connectivity index (χ3v) is 7.99. The number of thioether (sulfide) groups is 1. The second-order valence-electron chi connectivity index (χ2n) is 6.87. The fraction of sp³-hybridized carbons (Fsp3) is 0.412. The normalized spacial score (nSPS) is 26.0. The SMILES string of the molecule is OCC1OC(Sc2cnc(C(F)(F)F)c(Br)c2)C(O)C(n2cc(-c3nc(Br)cs3)nn2)C1O. The summed E-state index contributed by atoms with van der Waals surface area (Å²) in [6, 6.07) is 0.155. The van der Waals surface area contributed by atoms with Crippen LogP contribution in [0, 0.1) is 0 Å². The van der Waals surface area contributed by atoms with Crippen LogP contribution in [0.5, 0.6) is 0 Å². The standard InChI is InChI=1S/C17H14Br2F3N5O4S2/c18-7-1-6(2-23-14(7)17(20,21)22)33-16-13(30)11(12(29)9(4-28)31-16)27-3-8(25-26-27)15-24-10(19)5-32-15/h1-3,5,9,11-13,16,28-30H,4H2. The summed E-state index contributed by atoms with van der Waals surface area (Å²) in [5.74, 6) is 0. The van der Waals surface area contributed by atoms with Crippen molar-refractivity contribution in [2.45, 2.75) is 40.9 Å². The Morgan fingerprint density at radius 3 is 2.61 bits per heavy atom. The summed E-state index contributed by atoms with van der Waals surface area (Å²) in [6.45, 7) is -0.558. The lowest BCUT2D eigenvalue weighted by Gasteiger charge is -2.41. The van der Waals surface area contributed by atoms with Crippen LogP contribution < -0.4 is 0 Å². The number of aliphatic hydroxyl groups is 3. The molecule has 1 saturated heterocycles. The number of aliphatic hydroxyl groups excluding tert-OH is 3. The maximum absolute atomic E-state index is 13.0. The largest absolute Gasteiger partial charge is 0.434 e. The molecule has 1 aliphatic rings. The lowest BCUT2D eigenvalue weighted by molar-refractivity contribution is -0.178. The quantitative estimate of drug-likeness (QED) is 0.389. The summed E-state index contributed by atoms with van der Waals surface area (Å²) in [5, 5.41) is 41.7. The van der Waals surface area contributed by atoms with E-state index in [1.54, 1.807) is 5.38 Å². The maximum atomic E-state index is 13.0. The fourth-order valence-electron chi connectivity index (χ4n) is 3.20. The number of hydrogen-bond acceptors (Lipinski definition) is 10. The van der Waals surface area contributed by atoms with Crippen LogP contribution in [-0.4, -0.2) is 70.6 Å². The van der Waals surface area contributed by atoms with Gasteiger partial charge in [-0.15, -0.1) is 16.4 Å². The number of rotatable bonds is 5. The highest BCUT2D eigenvalue weighted by Crippen LogP contribution is 2.40. The topological polar surface area (TPSA) is 126 Å². The Balaban J connectivity index is 1.59. The summed E-state index contributed by atoms with van der Waals surface area (Å²) >= 11 is 8.34. The van der Waals surface area contributed by atoms with Crippen LogP contribution in [0.15, 0.2) is 37.8 Å². The minimum absolute atomic E-state index is 0.267. The van der Waals surface area contributed by atoms with E-state index < -0.39 is 48.3 Å². The highest BCUT2D eigenvalue weighted by molar-refractivity contribution is 9.10. The molecule has 4 heterocycles. The van der Waals surface area contributed by atoms with E-state index in [2.05, 4.69) is 52.1 Å². The number of aromatic nitrogens is 5. The van der Waals surface area contributed by atoms with Gasteiger partial charge in [0.2, 0.25) is 0 Å². The van der Waals surface area contributed by atoms with Gasteiger partial charge in [-0.05, 0) is 37.9 Å². The Labute approximate surface area is 209 Å². The smallest absolute Gasteiger partial charge is 0.394 e. The van der Waals surface area contributed by atoms with E-state index in [9.17, 15) is 28.5 Å². The number of ether oxygens (including phenoxy) is 1. The predicted molar refractivity (Wildman–Crippen MR) is 118 cm³/mol. The van der Waals surface area contributed by atoms with Gasteiger partial charge >= 0.3 is 6.18 Å². The van der Waals surface area contributed by atoms with E-state index in [1.807, 2.05) is 0 Å². The molecule has 0 amide bonds. The van der Waals surface area contributed by atoms with E-state index in [0.717, 1.165) is 18.0 Å². The first-order chi connectivity index (χ1) is 15.6. The van der Waals surface area contributed by atoms with Gasteiger partial charge in [0.25, 0.3) is 0 Å². The van der Waals surface area contributed by atoms with Crippen molar-refractivity contribution in [1.82, 2.24) is 25.0 Å². The average molecular weight is 633 g/mol. The van der Waals surface area contributed by atoms with E-state index in [-0.39, 0.29) is 9.37 Å². The molecule has 178 valence electrons. The third-order valence-electron chi connectivity index (χ3n) is 4.70. The van der Waals surface area contributed by atoms with Gasteiger partial charge in [-0.25, -0.2) is 14.6 Å². The van der Waals surface area contributed by atoms with Gasteiger partial charge < -0.3 is 20.1 Å². The van der Waals surface area contributed by atoms with Crippen LogP contribution in [0.4, 0.5) is 13.2 Å². The predicted octanol–water partition coefficient (Wildman–Crippen LogP) is 3.11. The Morgan fingerprint density at radius 1 is 1.24 bits per heavy atom. The van der Waals surface area contributed by atoms with Crippen LogP contribution in [0.2, 0.25) is 0 Å². The minimum Gasteiger partial charge on any atom is -0.394 e. The molecule has 3 aromatic heterocycles. The number of pyridine rings is 1. The van der Waals surface area contributed by atoms with Gasteiger partial charge in [-0.2, -0.15) is 13.2 Å². The molecule has 0 saturated carbocycles. The highest BCUT2D eigenvalue weighted by Gasteiger charge is 2.46. The highest BCUT2D eigenvalue weighted by atomic mass is 79.9. The van der Waals surface area contributed by atoms with Crippen molar-refractivity contribution in [3.63, 3.8) is 0 Å². The summed E-state index contributed by atoms with van der Waals surface area (Å²) in [5.41, 5.74) is -1.72. The van der Waals surface area contributed by atoms with Gasteiger partial charge in [-0.3, -0.25) is 0 Å². The van der Waals surface area contributed by atoms with E-state index in [0.29, 0.717) is 15.3 Å². The fourth-order valence-corrected chi connectivity index (χ4v) is 6.19. The van der Waals surface area contributed by atoms with Crippen LogP contribution in [0.25, 0.3) is 10.7 Å². The van der Waals surface area contributed by atoms with Crippen molar-refractivity contribution >= 4 is 55.0 Å². The Bertz CT molecular complexity index is 1130. The molecule has 3 aromatic rings. The van der Waals surface area contributed by atoms with Crippen molar-refractivity contribution < 1.29 is 33.2 Å². The van der Waals surface area contributed by atoms with Crippen molar-refractivity contribution in [3.8, 4) is 10.7 Å². The molecule has 5 unspecified atom stereocenters. The minimum atomic E-state index is -4.63. The van der Waals surface area contributed by atoms with E-state index in [1.165, 1.54) is 28.3 Å². The first-order valence-corrected chi connectivity index (χ1v) is 12.5. The molecular weight excluding hydrogens is 619 g/mol. The van der Waals surface area contributed by atoms with Crippen molar-refractivity contribution in [2.75, 3.05) is 6.61 Å². The van der Waals surface area contributed by atoms with Crippen LogP contribution >= 0.6 is 55.0 Å². The Hall–Kier alpha value is -1.14. The third kappa shape index (κ3) is 5.27. The molecule has 0 bridgehead atoms. The Kier molecular flexibility index (Phi) is 7.45. The number of alkyl halides is 3. The molecule has 0 aliphatic carbocycles. The lowest BCUT2D eigenvalue weighted by atomic mass is 9.97. The summed E-state index contributed by atoms with van der Waals surface area (Å²) in [4.78, 5) is 7.97. The molecular formula is C17H14Br2F3N5O4S2. The zero-order chi connectivity index (χ0) is 23.9. The Morgan fingerprint density at radius 2 is 2.00 bits per heavy atom. The van der Waals surface area contributed by atoms with Gasteiger partial charge in [0.05, 0.1) is 12.8 Å². The molecule has 16 heteroatoms. The molecule has 0 radical (unpaired) electrons. The molecule has 5 atom stereocenters. The van der Waals surface area contributed by atoms with Gasteiger partial charge in [-0.1, -0.05) is 17.0 Å². The van der Waals surface area contributed by atoms with Crippen LogP contribution in [0.3, 0.4) is 0 Å². The molecule has 0 spiro atoms. The second kappa shape index (κ2) is 9.85. The van der Waals surface area contributed by atoms with Gasteiger partial charge in [0, 0.05) is 20.9 Å². The number of thiazole rings is 1. The molecule has 0 aromatic carbocycles. The first-order valence-electron chi connectivity index (χ1n) is 9.13. The zero-order valence-electron chi connectivity index (χ0n) is 16.1. The second-order valence-corrected chi connectivity index (χ2v) is 10.6. The lowest BCUT2D eigenvalue weighted by Crippen LogP contribution is -2.55. The first kappa shape index (κ1) is 25.0. The summed E-state index contributed by atoms with van der Waals surface area (Å²) in [6.07, 6.45) is -5.89. The van der Waals surface area contributed by atoms with Crippen molar-refractivity contribution in [3.05, 3.63) is 38.6 Å². The van der Waals surface area contributed by atoms with Gasteiger partial charge in [0.15, 0.2) is 5.69 Å². The summed E-state index contributed by atoms with van der Waals surface area (Å²) < 4.78 is 46.1. The summed E-state index contributed by atoms with van der Waals surface area (Å²) in [7, 11) is 0. The van der Waals surface area contributed by atoms with Crippen LogP contribution in [-0.2, 0) is 10.9 Å². The van der Waals surface area contributed by atoms with E-state index in [4.69, 9.17) is 4.74 Å².